The lowest BCUT2D eigenvalue weighted by molar-refractivity contribution is 0.117. The molecule has 0 fully saturated rings. The minimum absolute atomic E-state index is 0.400. The van der Waals surface area contributed by atoms with Crippen LogP contribution in [-0.2, 0) is 19.2 Å². The molecule has 0 spiro atoms. The summed E-state index contributed by atoms with van der Waals surface area (Å²) in [5.74, 6) is 0.400. The van der Waals surface area contributed by atoms with Crippen LogP contribution in [0, 0.1) is 6.92 Å². The van der Waals surface area contributed by atoms with E-state index in [-0.39, 0.29) is 0 Å². The van der Waals surface area contributed by atoms with Crippen molar-refractivity contribution in [3.63, 3.8) is 0 Å². The summed E-state index contributed by atoms with van der Waals surface area (Å²) in [4.78, 5) is 12.8. The molecule has 11 nitrogen and oxygen atoms in total. The van der Waals surface area contributed by atoms with Crippen LogP contribution in [0.1, 0.15) is 27.9 Å². The van der Waals surface area contributed by atoms with E-state index >= 15 is 0 Å². The van der Waals surface area contributed by atoms with E-state index < -0.39 is 5.60 Å². The van der Waals surface area contributed by atoms with Gasteiger partial charge in [-0.05, 0) is 59.0 Å². The van der Waals surface area contributed by atoms with Crippen molar-refractivity contribution in [3.8, 4) is 11.3 Å². The van der Waals surface area contributed by atoms with Gasteiger partial charge >= 0.3 is 0 Å². The number of hydrogen-bond donors (Lipinski definition) is 1. The second-order valence-electron chi connectivity index (χ2n) is 9.98. The highest BCUT2D eigenvalue weighted by molar-refractivity contribution is 5.94. The lowest BCUT2D eigenvalue weighted by atomic mass is 9.82. The quantitative estimate of drug-likeness (QED) is 0.176. The van der Waals surface area contributed by atoms with Gasteiger partial charge in [0.25, 0.3) is 5.78 Å². The fourth-order valence-corrected chi connectivity index (χ4v) is 5.17. The summed E-state index contributed by atoms with van der Waals surface area (Å²) in [6.45, 7) is 6.03. The third-order valence-corrected chi connectivity index (χ3v) is 7.15. The van der Waals surface area contributed by atoms with Crippen LogP contribution in [0.2, 0.25) is 0 Å². The van der Waals surface area contributed by atoms with Crippen molar-refractivity contribution in [3.05, 3.63) is 107 Å². The number of benzene rings is 3. The van der Waals surface area contributed by atoms with E-state index in [2.05, 4.69) is 43.4 Å². The molecule has 0 saturated heterocycles. The average Bonchev–Trinajstić information content (AvgIpc) is 3.64. The maximum absolute atomic E-state index is 12.6. The van der Waals surface area contributed by atoms with Crippen molar-refractivity contribution >= 4 is 29.7 Å². The maximum atomic E-state index is 12.6. The molecule has 0 amide bonds. The number of aryl methyl sites for hydroxylation is 2. The summed E-state index contributed by atoms with van der Waals surface area (Å²) >= 11 is 0. The lowest BCUT2D eigenvalue weighted by Gasteiger charge is -2.30. The van der Waals surface area contributed by atoms with E-state index in [4.69, 9.17) is 4.98 Å². The summed E-state index contributed by atoms with van der Waals surface area (Å²) in [6.07, 6.45) is 4.77. The van der Waals surface area contributed by atoms with E-state index in [1.165, 1.54) is 6.34 Å². The van der Waals surface area contributed by atoms with Gasteiger partial charge in [-0.15, -0.1) is 0 Å². The van der Waals surface area contributed by atoms with Crippen LogP contribution in [0.4, 0.5) is 0 Å². The number of nitrogens with zero attached hydrogens (tertiary/aromatic N) is 10. The SMILES string of the molecule is C=N/C=N\N(C)Cc1ccc(C(O)(c2ccc3c(c2)c(-c2cccc(C)c2)nc2nnnn23)c2cncn2C)cc1. The molecule has 0 bridgehead atoms. The Kier molecular flexibility index (Phi) is 6.56. The van der Waals surface area contributed by atoms with Crippen LogP contribution < -0.4 is 0 Å². The molecule has 0 radical (unpaired) electrons. The molecule has 41 heavy (non-hydrogen) atoms. The standard InChI is InChI=1S/C30H28N10O/c1-20-6-5-7-22(14-20)28-25-15-24(12-13-26(25)40-29(34-28)35-36-37-40)30(41,27-16-32-19-38(27)3)23-10-8-21(9-11-23)17-39(4)33-18-31-2/h5-16,18-19,41H,2,17H2,1,3-4H3/b33-18-. The molecule has 3 heterocycles. The van der Waals surface area contributed by atoms with Gasteiger partial charge in [0.05, 0.1) is 36.0 Å². The first-order chi connectivity index (χ1) is 19.9. The monoisotopic (exact) mass is 544 g/mol. The van der Waals surface area contributed by atoms with Crippen LogP contribution in [0.5, 0.6) is 0 Å². The van der Waals surface area contributed by atoms with Crippen LogP contribution in [-0.4, -0.2) is 64.8 Å². The summed E-state index contributed by atoms with van der Waals surface area (Å²) in [6, 6.07) is 21.7. The number of aromatic nitrogens is 7. The Morgan fingerprint density at radius 1 is 1.07 bits per heavy atom. The molecule has 0 aliphatic rings. The molecule has 3 aromatic heterocycles. The number of rotatable bonds is 8. The minimum atomic E-state index is -1.52. The van der Waals surface area contributed by atoms with Crippen molar-refractivity contribution in [1.82, 2.24) is 39.6 Å². The van der Waals surface area contributed by atoms with Crippen molar-refractivity contribution in [2.75, 3.05) is 7.05 Å². The molecule has 1 atom stereocenters. The zero-order valence-electron chi connectivity index (χ0n) is 22.9. The van der Waals surface area contributed by atoms with Crippen molar-refractivity contribution < 1.29 is 5.11 Å². The maximum Gasteiger partial charge on any atom is 0.274 e. The highest BCUT2D eigenvalue weighted by Crippen LogP contribution is 2.39. The number of aliphatic imine (C=N–C) groups is 1. The topological polar surface area (TPSA) is 122 Å². The number of imidazole rings is 1. The Morgan fingerprint density at radius 3 is 2.61 bits per heavy atom. The van der Waals surface area contributed by atoms with Gasteiger partial charge in [0.2, 0.25) is 0 Å². The van der Waals surface area contributed by atoms with Gasteiger partial charge in [-0.1, -0.05) is 59.2 Å². The van der Waals surface area contributed by atoms with Crippen LogP contribution >= 0.6 is 0 Å². The highest BCUT2D eigenvalue weighted by atomic mass is 16.3. The van der Waals surface area contributed by atoms with Crippen molar-refractivity contribution in [1.29, 1.82) is 0 Å². The Labute approximate surface area is 236 Å². The fourth-order valence-electron chi connectivity index (χ4n) is 5.17. The first-order valence-corrected chi connectivity index (χ1v) is 13.0. The zero-order chi connectivity index (χ0) is 28.6. The van der Waals surface area contributed by atoms with Gasteiger partial charge in [-0.2, -0.15) is 9.62 Å². The minimum Gasteiger partial charge on any atom is -0.374 e. The molecule has 0 saturated carbocycles. The lowest BCUT2D eigenvalue weighted by Crippen LogP contribution is -2.31. The van der Waals surface area contributed by atoms with Gasteiger partial charge in [0.15, 0.2) is 5.60 Å². The second-order valence-corrected chi connectivity index (χ2v) is 9.98. The summed E-state index contributed by atoms with van der Waals surface area (Å²) in [5, 5.41) is 31.5. The molecule has 0 aliphatic carbocycles. The van der Waals surface area contributed by atoms with E-state index in [0.29, 0.717) is 29.1 Å². The Bertz CT molecular complexity index is 1910. The smallest absolute Gasteiger partial charge is 0.274 e. The van der Waals surface area contributed by atoms with Gasteiger partial charge in [-0.25, -0.2) is 9.97 Å². The molecular weight excluding hydrogens is 516 g/mol. The van der Waals surface area contributed by atoms with Crippen molar-refractivity contribution in [2.45, 2.75) is 19.1 Å². The molecule has 204 valence electrons. The number of fused-ring (bicyclic) bond motifs is 3. The molecule has 6 rings (SSSR count). The third kappa shape index (κ3) is 4.61. The largest absolute Gasteiger partial charge is 0.374 e. The Morgan fingerprint density at radius 2 is 1.88 bits per heavy atom. The number of hydrazone groups is 1. The Balaban J connectivity index is 1.54. The number of tetrazole rings is 1. The van der Waals surface area contributed by atoms with Crippen LogP contribution in [0.25, 0.3) is 27.9 Å². The van der Waals surface area contributed by atoms with Gasteiger partial charge in [-0.3, -0.25) is 10.0 Å². The first-order valence-electron chi connectivity index (χ1n) is 13.0. The highest BCUT2D eigenvalue weighted by Gasteiger charge is 2.37. The second kappa shape index (κ2) is 10.4. The van der Waals surface area contributed by atoms with Crippen LogP contribution in [0.15, 0.2) is 89.3 Å². The molecule has 1 N–H and O–H groups in total. The van der Waals surface area contributed by atoms with Crippen molar-refractivity contribution in [2.24, 2.45) is 17.1 Å². The number of aliphatic hydroxyl groups is 1. The van der Waals surface area contributed by atoms with E-state index in [1.807, 2.05) is 86.2 Å². The summed E-state index contributed by atoms with van der Waals surface area (Å²) in [7, 11) is 3.73. The third-order valence-electron chi connectivity index (χ3n) is 7.15. The van der Waals surface area contributed by atoms with E-state index in [1.54, 1.807) is 22.0 Å². The number of hydrogen-bond acceptors (Lipinski definition) is 8. The molecule has 3 aromatic carbocycles. The molecule has 6 aromatic rings. The van der Waals surface area contributed by atoms with E-state index in [9.17, 15) is 5.11 Å². The molecule has 1 unspecified atom stereocenters. The predicted octanol–water partition coefficient (Wildman–Crippen LogP) is 3.74. The summed E-state index contributed by atoms with van der Waals surface area (Å²) in [5.41, 5.74) is 5.02. The summed E-state index contributed by atoms with van der Waals surface area (Å²) < 4.78 is 3.43. The Hall–Kier alpha value is -5.29. The van der Waals surface area contributed by atoms with Gasteiger partial charge < -0.3 is 9.67 Å². The molecular formula is C30H28N10O. The fraction of sp³-hybridized carbons (Fsp3) is 0.167. The first kappa shape index (κ1) is 26.0. The molecule has 11 heteroatoms. The van der Waals surface area contributed by atoms with Crippen LogP contribution in [0.3, 0.4) is 0 Å². The van der Waals surface area contributed by atoms with Gasteiger partial charge in [0.1, 0.15) is 6.34 Å². The van der Waals surface area contributed by atoms with E-state index in [0.717, 1.165) is 33.3 Å². The average molecular weight is 545 g/mol. The van der Waals surface area contributed by atoms with Gasteiger partial charge in [0, 0.05) is 25.0 Å². The molecule has 0 aliphatic heterocycles. The zero-order valence-corrected chi connectivity index (χ0v) is 22.9. The predicted molar refractivity (Wildman–Crippen MR) is 158 cm³/mol. The normalized spacial score (nSPS) is 13.2.